The van der Waals surface area contributed by atoms with Crippen LogP contribution in [0.2, 0.25) is 0 Å². The smallest absolute Gasteiger partial charge is 0.317 e. The van der Waals surface area contributed by atoms with Crippen molar-refractivity contribution in [1.82, 2.24) is 14.7 Å². The fourth-order valence-corrected chi connectivity index (χ4v) is 3.21. The van der Waals surface area contributed by atoms with Crippen molar-refractivity contribution in [2.24, 2.45) is 0 Å². The van der Waals surface area contributed by atoms with Crippen LogP contribution in [0.1, 0.15) is 11.3 Å². The Labute approximate surface area is 155 Å². The van der Waals surface area contributed by atoms with E-state index in [0.29, 0.717) is 30.9 Å². The third-order valence-electron chi connectivity index (χ3n) is 4.72. The predicted octanol–water partition coefficient (Wildman–Crippen LogP) is 4.18. The Hall–Kier alpha value is -3.22. The molecule has 138 valence electrons. The van der Waals surface area contributed by atoms with Gasteiger partial charge in [0.05, 0.1) is 25.0 Å². The number of nitrogens with zero attached hydrogens (tertiary/aromatic N) is 3. The van der Waals surface area contributed by atoms with Gasteiger partial charge in [-0.25, -0.2) is 13.6 Å². The highest BCUT2D eigenvalue weighted by atomic mass is 19.1. The Balaban J connectivity index is 1.53. The summed E-state index contributed by atoms with van der Waals surface area (Å²) in [4.78, 5) is 14.3. The number of benzene rings is 2. The van der Waals surface area contributed by atoms with Crippen LogP contribution >= 0.6 is 0 Å². The number of rotatable bonds is 2. The molecule has 0 fully saturated rings. The first kappa shape index (κ1) is 17.2. The fourth-order valence-electron chi connectivity index (χ4n) is 3.21. The summed E-state index contributed by atoms with van der Waals surface area (Å²) in [5.74, 6) is -0.603. The minimum Gasteiger partial charge on any atom is -0.317 e. The topological polar surface area (TPSA) is 50.2 Å². The first-order chi connectivity index (χ1) is 13.0. The van der Waals surface area contributed by atoms with E-state index < -0.39 is 0 Å². The van der Waals surface area contributed by atoms with Crippen LogP contribution in [0.25, 0.3) is 11.1 Å². The number of aromatic nitrogens is 2. The van der Waals surface area contributed by atoms with E-state index >= 15 is 0 Å². The average Bonchev–Trinajstić information content (AvgIpc) is 3.08. The van der Waals surface area contributed by atoms with Crippen LogP contribution in [-0.4, -0.2) is 27.3 Å². The molecule has 4 rings (SSSR count). The molecule has 1 aliphatic rings. The van der Waals surface area contributed by atoms with Crippen molar-refractivity contribution in [3.63, 3.8) is 0 Å². The molecule has 7 heteroatoms. The number of hydrogen-bond acceptors (Lipinski definition) is 2. The summed E-state index contributed by atoms with van der Waals surface area (Å²) in [6.07, 6.45) is 1.74. The largest absolute Gasteiger partial charge is 0.322 e. The van der Waals surface area contributed by atoms with Gasteiger partial charge in [-0.15, -0.1) is 0 Å². The quantitative estimate of drug-likeness (QED) is 0.738. The Bertz CT molecular complexity index is 998. The van der Waals surface area contributed by atoms with Crippen molar-refractivity contribution in [1.29, 1.82) is 0 Å². The molecular formula is C20H18F2N4O. The average molecular weight is 368 g/mol. The molecule has 3 aromatic rings. The minimum absolute atomic E-state index is 0.251. The number of anilines is 1. The molecule has 0 unspecified atom stereocenters. The summed E-state index contributed by atoms with van der Waals surface area (Å²) in [6.45, 7) is 3.13. The molecule has 2 heterocycles. The molecule has 2 amide bonds. The van der Waals surface area contributed by atoms with Crippen molar-refractivity contribution >= 4 is 11.7 Å². The van der Waals surface area contributed by atoms with Crippen LogP contribution in [0.4, 0.5) is 19.3 Å². The monoisotopic (exact) mass is 368 g/mol. The number of fused-ring (bicyclic) bond motifs is 1. The lowest BCUT2D eigenvalue weighted by Gasteiger charge is -2.28. The summed E-state index contributed by atoms with van der Waals surface area (Å²) in [5, 5.41) is 7.19. The number of carbonyl (C=O) groups is 1. The van der Waals surface area contributed by atoms with Crippen LogP contribution in [0.3, 0.4) is 0 Å². The van der Waals surface area contributed by atoms with Gasteiger partial charge in [0.25, 0.3) is 0 Å². The van der Waals surface area contributed by atoms with Gasteiger partial charge in [-0.2, -0.15) is 5.10 Å². The second-order valence-electron chi connectivity index (χ2n) is 6.55. The SMILES string of the molecule is Cc1cc(NC(=O)N2CCn3ncc(-c4ccc(F)cc4)c3C2)ccc1F. The zero-order valence-corrected chi connectivity index (χ0v) is 14.7. The van der Waals surface area contributed by atoms with Gasteiger partial charge in [0.15, 0.2) is 0 Å². The molecule has 1 aliphatic heterocycles. The lowest BCUT2D eigenvalue weighted by Crippen LogP contribution is -2.41. The molecule has 0 atom stereocenters. The Morgan fingerprint density at radius 3 is 2.63 bits per heavy atom. The Morgan fingerprint density at radius 2 is 1.89 bits per heavy atom. The van der Waals surface area contributed by atoms with Crippen molar-refractivity contribution in [3.05, 3.63) is 71.6 Å². The van der Waals surface area contributed by atoms with E-state index in [0.717, 1.165) is 16.8 Å². The number of hydrogen-bond donors (Lipinski definition) is 1. The maximum absolute atomic E-state index is 13.4. The highest BCUT2D eigenvalue weighted by Gasteiger charge is 2.24. The number of aryl methyl sites for hydroxylation is 1. The second kappa shape index (κ2) is 6.83. The van der Waals surface area contributed by atoms with Crippen molar-refractivity contribution < 1.29 is 13.6 Å². The molecule has 1 N–H and O–H groups in total. The number of carbonyl (C=O) groups excluding carboxylic acids is 1. The van der Waals surface area contributed by atoms with Gasteiger partial charge in [0.1, 0.15) is 11.6 Å². The summed E-state index contributed by atoms with van der Waals surface area (Å²) in [5.41, 5.74) is 3.66. The molecule has 5 nitrogen and oxygen atoms in total. The summed E-state index contributed by atoms with van der Waals surface area (Å²) in [6, 6.07) is 10.4. The van der Waals surface area contributed by atoms with Gasteiger partial charge in [-0.1, -0.05) is 12.1 Å². The van der Waals surface area contributed by atoms with Crippen molar-refractivity contribution in [2.75, 3.05) is 11.9 Å². The normalized spacial score (nSPS) is 13.4. The van der Waals surface area contributed by atoms with E-state index in [2.05, 4.69) is 10.4 Å². The molecule has 0 saturated heterocycles. The van der Waals surface area contributed by atoms with Gasteiger partial charge >= 0.3 is 6.03 Å². The lowest BCUT2D eigenvalue weighted by atomic mass is 10.1. The maximum Gasteiger partial charge on any atom is 0.322 e. The molecule has 0 aliphatic carbocycles. The van der Waals surface area contributed by atoms with Gasteiger partial charge in [0.2, 0.25) is 0 Å². The van der Waals surface area contributed by atoms with E-state index in [4.69, 9.17) is 0 Å². The van der Waals surface area contributed by atoms with E-state index in [9.17, 15) is 13.6 Å². The first-order valence-corrected chi connectivity index (χ1v) is 8.64. The molecule has 0 radical (unpaired) electrons. The van der Waals surface area contributed by atoms with E-state index in [1.807, 2.05) is 4.68 Å². The highest BCUT2D eigenvalue weighted by molar-refractivity contribution is 5.89. The van der Waals surface area contributed by atoms with Crippen LogP contribution in [0.15, 0.2) is 48.7 Å². The fraction of sp³-hybridized carbons (Fsp3) is 0.200. The molecule has 2 aromatic carbocycles. The minimum atomic E-state index is -0.307. The number of amides is 2. The predicted molar refractivity (Wildman–Crippen MR) is 98.2 cm³/mol. The van der Waals surface area contributed by atoms with Crippen LogP contribution in [0, 0.1) is 18.6 Å². The second-order valence-corrected chi connectivity index (χ2v) is 6.55. The molecule has 0 bridgehead atoms. The Kier molecular flexibility index (Phi) is 4.35. The van der Waals surface area contributed by atoms with E-state index in [-0.39, 0.29) is 17.7 Å². The molecule has 0 spiro atoms. The maximum atomic E-state index is 13.4. The first-order valence-electron chi connectivity index (χ1n) is 8.64. The molecule has 1 aromatic heterocycles. The summed E-state index contributed by atoms with van der Waals surface area (Å²) in [7, 11) is 0. The molecular weight excluding hydrogens is 350 g/mol. The van der Waals surface area contributed by atoms with Gasteiger partial charge < -0.3 is 10.2 Å². The van der Waals surface area contributed by atoms with Gasteiger partial charge in [0, 0.05) is 17.8 Å². The zero-order chi connectivity index (χ0) is 19.0. The number of urea groups is 1. The van der Waals surface area contributed by atoms with Gasteiger partial charge in [-0.3, -0.25) is 4.68 Å². The third-order valence-corrected chi connectivity index (χ3v) is 4.72. The molecule has 27 heavy (non-hydrogen) atoms. The number of halogens is 2. The van der Waals surface area contributed by atoms with Gasteiger partial charge in [-0.05, 0) is 48.4 Å². The van der Waals surface area contributed by atoms with Crippen LogP contribution in [0.5, 0.6) is 0 Å². The van der Waals surface area contributed by atoms with Crippen LogP contribution < -0.4 is 5.32 Å². The standard InChI is InChI=1S/C20H18F2N4O/c1-13-10-16(6-7-18(13)22)24-20(27)25-8-9-26-19(12-25)17(11-23-26)14-2-4-15(21)5-3-14/h2-7,10-11H,8-9,12H2,1H3,(H,24,27). The highest BCUT2D eigenvalue weighted by Crippen LogP contribution is 2.27. The van der Waals surface area contributed by atoms with E-state index in [1.54, 1.807) is 42.3 Å². The van der Waals surface area contributed by atoms with Crippen LogP contribution in [-0.2, 0) is 13.1 Å². The Morgan fingerprint density at radius 1 is 1.11 bits per heavy atom. The third kappa shape index (κ3) is 3.40. The van der Waals surface area contributed by atoms with E-state index in [1.165, 1.54) is 18.2 Å². The van der Waals surface area contributed by atoms with Crippen molar-refractivity contribution in [3.8, 4) is 11.1 Å². The number of nitrogens with one attached hydrogen (secondary N) is 1. The summed E-state index contributed by atoms with van der Waals surface area (Å²) < 4.78 is 28.5. The zero-order valence-electron chi connectivity index (χ0n) is 14.7. The summed E-state index contributed by atoms with van der Waals surface area (Å²) >= 11 is 0. The van der Waals surface area contributed by atoms with Crippen molar-refractivity contribution in [2.45, 2.75) is 20.0 Å². The lowest BCUT2D eigenvalue weighted by molar-refractivity contribution is 0.194. The molecule has 0 saturated carbocycles.